The van der Waals surface area contributed by atoms with Gasteiger partial charge in [0.1, 0.15) is 11.6 Å². The van der Waals surface area contributed by atoms with Gasteiger partial charge in [-0.3, -0.25) is 0 Å². The third kappa shape index (κ3) is 1.82. The maximum Gasteiger partial charge on any atom is 0.119 e. The summed E-state index contributed by atoms with van der Waals surface area (Å²) in [5.41, 5.74) is 3.91. The van der Waals surface area contributed by atoms with Crippen LogP contribution in [-0.2, 0) is 0 Å². The van der Waals surface area contributed by atoms with E-state index in [4.69, 9.17) is 0 Å². The Morgan fingerprint density at radius 1 is 1.29 bits per heavy atom. The van der Waals surface area contributed by atoms with Crippen LogP contribution in [-0.4, -0.2) is 15.1 Å². The van der Waals surface area contributed by atoms with Gasteiger partial charge in [0.05, 0.1) is 5.69 Å². The molecule has 1 fully saturated rings. The van der Waals surface area contributed by atoms with E-state index in [1.165, 1.54) is 12.8 Å². The van der Waals surface area contributed by atoms with Gasteiger partial charge in [0, 0.05) is 17.2 Å². The molecule has 0 saturated heterocycles. The predicted octanol–water partition coefficient (Wildman–Crippen LogP) is 3.28. The van der Waals surface area contributed by atoms with E-state index in [-0.39, 0.29) is 0 Å². The zero-order chi connectivity index (χ0) is 12.0. The van der Waals surface area contributed by atoms with Gasteiger partial charge in [-0.1, -0.05) is 12.1 Å². The van der Waals surface area contributed by atoms with Gasteiger partial charge in [0.2, 0.25) is 0 Å². The Morgan fingerprint density at radius 3 is 2.71 bits per heavy atom. The van der Waals surface area contributed by atoms with Crippen molar-refractivity contribution in [2.24, 2.45) is 0 Å². The molecule has 1 heterocycles. The number of rotatable bonds is 2. The highest BCUT2D eigenvalue weighted by molar-refractivity contribution is 5.64. The molecule has 1 aliphatic carbocycles. The van der Waals surface area contributed by atoms with Crippen molar-refractivity contribution in [1.29, 1.82) is 0 Å². The Hall–Kier alpha value is -1.77. The van der Waals surface area contributed by atoms with E-state index >= 15 is 0 Å². The number of aromatic amines is 1. The Morgan fingerprint density at radius 2 is 2.06 bits per heavy atom. The second kappa shape index (κ2) is 3.62. The summed E-state index contributed by atoms with van der Waals surface area (Å²) in [6, 6.07) is 5.72. The number of benzene rings is 1. The lowest BCUT2D eigenvalue weighted by molar-refractivity contribution is 0.471. The zero-order valence-electron chi connectivity index (χ0n) is 10.1. The number of hydrogen-bond acceptors (Lipinski definition) is 2. The number of aryl methyl sites for hydroxylation is 2. The molecule has 1 aromatic carbocycles. The first kappa shape index (κ1) is 10.4. The molecule has 3 nitrogen and oxygen atoms in total. The highest BCUT2D eigenvalue weighted by atomic mass is 16.3. The summed E-state index contributed by atoms with van der Waals surface area (Å²) >= 11 is 0. The molecule has 0 spiro atoms. The third-order valence-electron chi connectivity index (χ3n) is 3.35. The molecule has 1 aromatic heterocycles. The van der Waals surface area contributed by atoms with Crippen molar-refractivity contribution in [2.45, 2.75) is 32.6 Å². The Bertz CT molecular complexity index is 568. The smallest absolute Gasteiger partial charge is 0.119 e. The molecule has 2 aromatic rings. The van der Waals surface area contributed by atoms with E-state index in [0.717, 1.165) is 28.3 Å². The van der Waals surface area contributed by atoms with E-state index < -0.39 is 0 Å². The van der Waals surface area contributed by atoms with E-state index in [0.29, 0.717) is 11.7 Å². The number of hydrogen-bond donors (Lipinski definition) is 2. The van der Waals surface area contributed by atoms with E-state index in [1.54, 1.807) is 6.07 Å². The summed E-state index contributed by atoms with van der Waals surface area (Å²) in [4.78, 5) is 7.99. The lowest BCUT2D eigenvalue weighted by atomic mass is 10.1. The Balaban J connectivity index is 2.04. The first-order chi connectivity index (χ1) is 8.15. The lowest BCUT2D eigenvalue weighted by Crippen LogP contribution is -1.83. The SMILES string of the molecule is Cc1ccc(-c2nc(C3CC3)[nH]c2C)cc1O. The highest BCUT2D eigenvalue weighted by Crippen LogP contribution is 2.40. The van der Waals surface area contributed by atoms with Crippen molar-refractivity contribution in [2.75, 3.05) is 0 Å². The number of aromatic nitrogens is 2. The minimum atomic E-state index is 0.331. The monoisotopic (exact) mass is 228 g/mol. The second-order valence-electron chi connectivity index (χ2n) is 4.87. The fourth-order valence-electron chi connectivity index (χ4n) is 2.07. The van der Waals surface area contributed by atoms with E-state index in [1.807, 2.05) is 26.0 Å². The highest BCUT2D eigenvalue weighted by Gasteiger charge is 2.27. The molecule has 0 atom stereocenters. The van der Waals surface area contributed by atoms with Crippen LogP contribution in [0.4, 0.5) is 0 Å². The molecule has 3 heteroatoms. The molecule has 0 amide bonds. The molecule has 0 unspecified atom stereocenters. The van der Waals surface area contributed by atoms with Crippen molar-refractivity contribution in [3.8, 4) is 17.0 Å². The first-order valence-corrected chi connectivity index (χ1v) is 6.01. The predicted molar refractivity (Wildman–Crippen MR) is 67.1 cm³/mol. The molecule has 0 radical (unpaired) electrons. The molecule has 0 aliphatic heterocycles. The summed E-state index contributed by atoms with van der Waals surface area (Å²) in [6.45, 7) is 3.93. The number of imidazole rings is 1. The van der Waals surface area contributed by atoms with Gasteiger partial charge >= 0.3 is 0 Å². The standard InChI is InChI=1S/C14H16N2O/c1-8-3-4-11(7-12(8)17)13-9(2)15-14(16-13)10-5-6-10/h3-4,7,10,17H,5-6H2,1-2H3,(H,15,16). The van der Waals surface area contributed by atoms with Crippen LogP contribution in [0.5, 0.6) is 5.75 Å². The third-order valence-corrected chi connectivity index (χ3v) is 3.35. The number of nitrogens with one attached hydrogen (secondary N) is 1. The van der Waals surface area contributed by atoms with Crippen LogP contribution in [0.15, 0.2) is 18.2 Å². The van der Waals surface area contributed by atoms with Gasteiger partial charge < -0.3 is 10.1 Å². The number of phenolic OH excluding ortho intramolecular Hbond substituents is 1. The van der Waals surface area contributed by atoms with Gasteiger partial charge in [0.15, 0.2) is 0 Å². The maximum atomic E-state index is 9.74. The van der Waals surface area contributed by atoms with Crippen molar-refractivity contribution in [1.82, 2.24) is 9.97 Å². The van der Waals surface area contributed by atoms with Crippen LogP contribution in [0, 0.1) is 13.8 Å². The fraction of sp³-hybridized carbons (Fsp3) is 0.357. The van der Waals surface area contributed by atoms with Crippen molar-refractivity contribution in [3.63, 3.8) is 0 Å². The lowest BCUT2D eigenvalue weighted by Gasteiger charge is -2.02. The van der Waals surface area contributed by atoms with Crippen LogP contribution in [0.2, 0.25) is 0 Å². The molecule has 0 bridgehead atoms. The topological polar surface area (TPSA) is 48.9 Å². The quantitative estimate of drug-likeness (QED) is 0.828. The maximum absolute atomic E-state index is 9.74. The summed E-state index contributed by atoms with van der Waals surface area (Å²) in [7, 11) is 0. The second-order valence-corrected chi connectivity index (χ2v) is 4.87. The van der Waals surface area contributed by atoms with Gasteiger partial charge in [-0.15, -0.1) is 0 Å². The van der Waals surface area contributed by atoms with Gasteiger partial charge in [-0.2, -0.15) is 0 Å². The first-order valence-electron chi connectivity index (χ1n) is 6.01. The van der Waals surface area contributed by atoms with Crippen LogP contribution >= 0.6 is 0 Å². The van der Waals surface area contributed by atoms with E-state index in [9.17, 15) is 5.11 Å². The van der Waals surface area contributed by atoms with Gasteiger partial charge in [0.25, 0.3) is 0 Å². The van der Waals surface area contributed by atoms with Gasteiger partial charge in [-0.05, 0) is 38.3 Å². The number of H-pyrrole nitrogens is 1. The number of phenols is 1. The molecule has 1 aliphatic rings. The Labute approximate surface area is 101 Å². The van der Waals surface area contributed by atoms with Crippen molar-refractivity contribution in [3.05, 3.63) is 35.3 Å². The van der Waals surface area contributed by atoms with Crippen molar-refractivity contribution < 1.29 is 5.11 Å². The fourth-order valence-corrected chi connectivity index (χ4v) is 2.07. The summed E-state index contributed by atoms with van der Waals surface area (Å²) < 4.78 is 0. The zero-order valence-corrected chi connectivity index (χ0v) is 10.1. The van der Waals surface area contributed by atoms with Gasteiger partial charge in [-0.25, -0.2) is 4.98 Å². The number of aromatic hydroxyl groups is 1. The Kier molecular flexibility index (Phi) is 2.21. The molecule has 3 rings (SSSR count). The summed E-state index contributed by atoms with van der Waals surface area (Å²) in [5, 5.41) is 9.74. The average Bonchev–Trinajstić information content (AvgIpc) is 3.07. The molecule has 1 saturated carbocycles. The minimum Gasteiger partial charge on any atom is -0.508 e. The molecule has 2 N–H and O–H groups in total. The minimum absolute atomic E-state index is 0.331. The average molecular weight is 228 g/mol. The van der Waals surface area contributed by atoms with Crippen LogP contribution in [0.3, 0.4) is 0 Å². The van der Waals surface area contributed by atoms with Crippen LogP contribution < -0.4 is 0 Å². The number of nitrogens with zero attached hydrogens (tertiary/aromatic N) is 1. The molecule has 17 heavy (non-hydrogen) atoms. The molecular weight excluding hydrogens is 212 g/mol. The summed E-state index contributed by atoms with van der Waals surface area (Å²) in [5.74, 6) is 2.05. The molecule has 88 valence electrons. The van der Waals surface area contributed by atoms with Crippen LogP contribution in [0.1, 0.15) is 35.8 Å². The van der Waals surface area contributed by atoms with Crippen molar-refractivity contribution >= 4 is 0 Å². The van der Waals surface area contributed by atoms with Crippen LogP contribution in [0.25, 0.3) is 11.3 Å². The molecular formula is C14H16N2O. The largest absolute Gasteiger partial charge is 0.508 e. The summed E-state index contributed by atoms with van der Waals surface area (Å²) in [6.07, 6.45) is 2.48. The van der Waals surface area contributed by atoms with E-state index in [2.05, 4.69) is 9.97 Å². The normalized spacial score (nSPS) is 15.2.